The van der Waals surface area contributed by atoms with E-state index in [0.717, 1.165) is 12.1 Å². The Kier molecular flexibility index (Phi) is 4.30. The molecule has 3 aromatic rings. The summed E-state index contributed by atoms with van der Waals surface area (Å²) in [7, 11) is 1.38. The largest absolute Gasteiger partial charge is 0.494 e. The van der Waals surface area contributed by atoms with Crippen LogP contribution < -0.4 is 10.1 Å². The highest BCUT2D eigenvalue weighted by Crippen LogP contribution is 2.40. The van der Waals surface area contributed by atoms with E-state index in [4.69, 9.17) is 4.74 Å². The standard InChI is InChI=1S/C16H12F4N4O/c1-25-15-11(3-2-4-13(15)22-14-8-21-24-23-14)10-6-5-9(7-12(10)17)16(18,19)20/h2-8H,1H3,(H2,21,22,23,24). The third kappa shape index (κ3) is 3.39. The lowest BCUT2D eigenvalue weighted by Crippen LogP contribution is -2.05. The second-order valence-electron chi connectivity index (χ2n) is 5.06. The zero-order chi connectivity index (χ0) is 18.0. The van der Waals surface area contributed by atoms with Gasteiger partial charge in [0.25, 0.3) is 0 Å². The van der Waals surface area contributed by atoms with Gasteiger partial charge < -0.3 is 10.1 Å². The highest BCUT2D eigenvalue weighted by atomic mass is 19.4. The average molecular weight is 352 g/mol. The summed E-state index contributed by atoms with van der Waals surface area (Å²) in [6.07, 6.45) is -3.18. The van der Waals surface area contributed by atoms with Gasteiger partial charge in [-0.2, -0.15) is 23.5 Å². The molecule has 5 nitrogen and oxygen atoms in total. The molecule has 0 radical (unpaired) electrons. The molecule has 0 unspecified atom stereocenters. The molecule has 0 spiro atoms. The molecule has 130 valence electrons. The normalized spacial score (nSPS) is 11.4. The number of aromatic nitrogens is 3. The van der Waals surface area contributed by atoms with Gasteiger partial charge in [-0.1, -0.05) is 18.2 Å². The van der Waals surface area contributed by atoms with Gasteiger partial charge in [0.15, 0.2) is 5.82 Å². The quantitative estimate of drug-likeness (QED) is 0.684. The number of methoxy groups -OCH3 is 1. The van der Waals surface area contributed by atoms with Crippen LogP contribution in [0.5, 0.6) is 5.75 Å². The summed E-state index contributed by atoms with van der Waals surface area (Å²) in [5.74, 6) is -0.320. The number of hydrogen-bond donors (Lipinski definition) is 2. The average Bonchev–Trinajstić information content (AvgIpc) is 3.07. The fourth-order valence-electron chi connectivity index (χ4n) is 2.38. The zero-order valence-corrected chi connectivity index (χ0v) is 12.9. The zero-order valence-electron chi connectivity index (χ0n) is 12.9. The van der Waals surface area contributed by atoms with Crippen LogP contribution in [0.25, 0.3) is 11.1 Å². The molecule has 9 heteroatoms. The Hall–Kier alpha value is -3.10. The lowest BCUT2D eigenvalue weighted by Gasteiger charge is -2.15. The van der Waals surface area contributed by atoms with Crippen LogP contribution in [0.1, 0.15) is 5.56 Å². The summed E-state index contributed by atoms with van der Waals surface area (Å²) < 4.78 is 57.7. The number of ether oxygens (including phenoxy) is 1. The third-order valence-electron chi connectivity index (χ3n) is 3.48. The SMILES string of the molecule is COc1c(Nc2cn[nH]n2)cccc1-c1ccc(C(F)(F)F)cc1F. The maximum absolute atomic E-state index is 14.3. The second-order valence-corrected chi connectivity index (χ2v) is 5.06. The van der Waals surface area contributed by atoms with Crippen LogP contribution in [0.3, 0.4) is 0 Å². The van der Waals surface area contributed by atoms with Crippen LogP contribution in [0.2, 0.25) is 0 Å². The molecule has 2 aromatic carbocycles. The number of H-pyrrole nitrogens is 1. The van der Waals surface area contributed by atoms with Gasteiger partial charge in [-0.25, -0.2) is 4.39 Å². The number of anilines is 2. The summed E-state index contributed by atoms with van der Waals surface area (Å²) in [5, 5.41) is 12.9. The minimum atomic E-state index is -4.61. The van der Waals surface area contributed by atoms with Crippen molar-refractivity contribution < 1.29 is 22.3 Å². The van der Waals surface area contributed by atoms with Crippen LogP contribution >= 0.6 is 0 Å². The second kappa shape index (κ2) is 6.42. The van der Waals surface area contributed by atoms with E-state index in [0.29, 0.717) is 23.1 Å². The number of nitrogens with zero attached hydrogens (tertiary/aromatic N) is 2. The van der Waals surface area contributed by atoms with Crippen molar-refractivity contribution in [2.75, 3.05) is 12.4 Å². The molecule has 0 atom stereocenters. The van der Waals surface area contributed by atoms with Gasteiger partial charge in [0.2, 0.25) is 0 Å². The monoisotopic (exact) mass is 352 g/mol. The summed E-state index contributed by atoms with van der Waals surface area (Å²) in [5.41, 5.74) is -0.284. The van der Waals surface area contributed by atoms with E-state index < -0.39 is 17.6 Å². The van der Waals surface area contributed by atoms with Crippen molar-refractivity contribution in [1.29, 1.82) is 0 Å². The molecule has 3 rings (SSSR count). The minimum absolute atomic E-state index is 0.00588. The highest BCUT2D eigenvalue weighted by molar-refractivity contribution is 5.80. The maximum Gasteiger partial charge on any atom is 0.416 e. The van der Waals surface area contributed by atoms with Crippen molar-refractivity contribution in [1.82, 2.24) is 15.4 Å². The van der Waals surface area contributed by atoms with Gasteiger partial charge in [-0.15, -0.1) is 5.10 Å². The van der Waals surface area contributed by atoms with Crippen molar-refractivity contribution in [2.45, 2.75) is 6.18 Å². The number of aromatic amines is 1. The first-order chi connectivity index (χ1) is 11.9. The predicted molar refractivity (Wildman–Crippen MR) is 83.1 cm³/mol. The van der Waals surface area contributed by atoms with E-state index in [9.17, 15) is 17.6 Å². The predicted octanol–water partition coefficient (Wildman–Crippen LogP) is 4.38. The number of para-hydroxylation sites is 1. The van der Waals surface area contributed by atoms with Crippen molar-refractivity contribution in [3.8, 4) is 16.9 Å². The van der Waals surface area contributed by atoms with Gasteiger partial charge in [0, 0.05) is 11.1 Å². The Morgan fingerprint density at radius 3 is 2.52 bits per heavy atom. The highest BCUT2D eigenvalue weighted by Gasteiger charge is 2.31. The van der Waals surface area contributed by atoms with Gasteiger partial charge in [0.1, 0.15) is 11.6 Å². The first-order valence-corrected chi connectivity index (χ1v) is 7.07. The van der Waals surface area contributed by atoms with Crippen molar-refractivity contribution >= 4 is 11.5 Å². The number of alkyl halides is 3. The molecule has 2 N–H and O–H groups in total. The Labute approximate surface area is 139 Å². The summed E-state index contributed by atoms with van der Waals surface area (Å²) in [4.78, 5) is 0. The number of halogens is 4. The molecule has 0 amide bonds. The van der Waals surface area contributed by atoms with Crippen molar-refractivity contribution in [2.24, 2.45) is 0 Å². The fourth-order valence-corrected chi connectivity index (χ4v) is 2.38. The number of hydrogen-bond acceptors (Lipinski definition) is 4. The molecular weight excluding hydrogens is 340 g/mol. The fraction of sp³-hybridized carbons (Fsp3) is 0.125. The summed E-state index contributed by atoms with van der Waals surface area (Å²) in [6.45, 7) is 0. The van der Waals surface area contributed by atoms with E-state index in [2.05, 4.69) is 20.7 Å². The Morgan fingerprint density at radius 1 is 1.12 bits per heavy atom. The molecule has 0 fully saturated rings. The van der Waals surface area contributed by atoms with Gasteiger partial charge in [-0.05, 0) is 18.2 Å². The Bertz CT molecular complexity index is 878. The van der Waals surface area contributed by atoms with Gasteiger partial charge in [0.05, 0.1) is 24.6 Å². The Morgan fingerprint density at radius 2 is 1.92 bits per heavy atom. The van der Waals surface area contributed by atoms with Gasteiger partial charge in [-0.3, -0.25) is 0 Å². The molecule has 0 bridgehead atoms. The molecule has 0 aliphatic rings. The van der Waals surface area contributed by atoms with E-state index >= 15 is 0 Å². The number of rotatable bonds is 4. The molecule has 0 saturated carbocycles. The van der Waals surface area contributed by atoms with Crippen molar-refractivity contribution in [3.05, 3.63) is 54.0 Å². The molecule has 25 heavy (non-hydrogen) atoms. The van der Waals surface area contributed by atoms with Gasteiger partial charge >= 0.3 is 6.18 Å². The third-order valence-corrected chi connectivity index (χ3v) is 3.48. The first kappa shape index (κ1) is 16.7. The summed E-state index contributed by atoms with van der Waals surface area (Å²) in [6, 6.07) is 7.22. The topological polar surface area (TPSA) is 62.8 Å². The van der Waals surface area contributed by atoms with Crippen LogP contribution in [0.15, 0.2) is 42.6 Å². The van der Waals surface area contributed by atoms with E-state index in [1.807, 2.05) is 0 Å². The molecule has 1 aromatic heterocycles. The minimum Gasteiger partial charge on any atom is -0.494 e. The lowest BCUT2D eigenvalue weighted by atomic mass is 10.0. The molecule has 0 aliphatic carbocycles. The van der Waals surface area contributed by atoms with E-state index in [1.54, 1.807) is 18.2 Å². The molecule has 1 heterocycles. The smallest absolute Gasteiger partial charge is 0.416 e. The van der Waals surface area contributed by atoms with Crippen LogP contribution in [0, 0.1) is 5.82 Å². The molecule has 0 aliphatic heterocycles. The lowest BCUT2D eigenvalue weighted by molar-refractivity contribution is -0.137. The van der Waals surface area contributed by atoms with Crippen molar-refractivity contribution in [3.63, 3.8) is 0 Å². The first-order valence-electron chi connectivity index (χ1n) is 7.07. The van der Waals surface area contributed by atoms with E-state index in [1.165, 1.54) is 13.3 Å². The molecule has 0 saturated heterocycles. The number of benzene rings is 2. The maximum atomic E-state index is 14.3. The number of nitrogens with one attached hydrogen (secondary N) is 2. The van der Waals surface area contributed by atoms with Crippen LogP contribution in [-0.2, 0) is 6.18 Å². The van der Waals surface area contributed by atoms with E-state index in [-0.39, 0.29) is 11.3 Å². The Balaban J connectivity index is 2.05. The summed E-state index contributed by atoms with van der Waals surface area (Å²) >= 11 is 0. The molecular formula is C16H12F4N4O. The van der Waals surface area contributed by atoms with Crippen LogP contribution in [0.4, 0.5) is 29.1 Å². The van der Waals surface area contributed by atoms with Crippen LogP contribution in [-0.4, -0.2) is 22.5 Å².